The van der Waals surface area contributed by atoms with Gasteiger partial charge in [0.05, 0.1) is 12.1 Å². The summed E-state index contributed by atoms with van der Waals surface area (Å²) >= 11 is 0. The summed E-state index contributed by atoms with van der Waals surface area (Å²) in [6.45, 7) is 4.09. The van der Waals surface area contributed by atoms with Gasteiger partial charge in [0.25, 0.3) is 0 Å². The van der Waals surface area contributed by atoms with E-state index in [-0.39, 0.29) is 11.9 Å². The lowest BCUT2D eigenvalue weighted by atomic mass is 9.92. The fourth-order valence-electron chi connectivity index (χ4n) is 2.69. The van der Waals surface area contributed by atoms with E-state index in [1.54, 1.807) is 6.08 Å². The highest BCUT2D eigenvalue weighted by Crippen LogP contribution is 2.18. The molecule has 1 fully saturated rings. The topological polar surface area (TPSA) is 49.3 Å². The molecule has 3 heteroatoms. The number of aliphatic hydroxyl groups is 1. The number of amides is 1. The van der Waals surface area contributed by atoms with Gasteiger partial charge in [-0.3, -0.25) is 4.79 Å². The van der Waals surface area contributed by atoms with Crippen molar-refractivity contribution in [3.05, 3.63) is 41.0 Å². The summed E-state index contributed by atoms with van der Waals surface area (Å²) in [7, 11) is 0. The Morgan fingerprint density at radius 1 is 1.30 bits per heavy atom. The Labute approximate surface area is 120 Å². The van der Waals surface area contributed by atoms with Crippen LogP contribution in [0.5, 0.6) is 0 Å². The van der Waals surface area contributed by atoms with Crippen molar-refractivity contribution < 1.29 is 9.90 Å². The number of nitrogens with one attached hydrogen (secondary N) is 1. The van der Waals surface area contributed by atoms with Crippen molar-refractivity contribution in [2.75, 3.05) is 0 Å². The van der Waals surface area contributed by atoms with Gasteiger partial charge in [0, 0.05) is 6.08 Å². The van der Waals surface area contributed by atoms with Crippen LogP contribution in [0, 0.1) is 13.8 Å². The number of carbonyl (C=O) groups excluding carboxylic acids is 1. The van der Waals surface area contributed by atoms with E-state index in [1.807, 2.05) is 25.1 Å². The Balaban J connectivity index is 1.95. The Hall–Kier alpha value is -1.61. The molecule has 0 saturated heterocycles. The molecule has 2 rings (SSSR count). The Bertz CT molecular complexity index is 508. The number of aryl methyl sites for hydroxylation is 2. The van der Waals surface area contributed by atoms with E-state index in [0.29, 0.717) is 0 Å². The molecule has 20 heavy (non-hydrogen) atoms. The number of benzene rings is 1. The lowest BCUT2D eigenvalue weighted by Gasteiger charge is -2.27. The fourth-order valence-corrected chi connectivity index (χ4v) is 2.69. The van der Waals surface area contributed by atoms with Crippen molar-refractivity contribution in [3.8, 4) is 0 Å². The normalized spacial score (nSPS) is 22.9. The molecule has 2 N–H and O–H groups in total. The standard InChI is InChI=1S/C17H23NO2/c1-12-7-8-14(13(2)11-12)9-10-17(20)18-15-5-3-4-6-16(15)19/h7-11,15-16,19H,3-6H2,1-2H3,(H,18,20). The molecule has 1 aromatic carbocycles. The molecule has 0 heterocycles. The van der Waals surface area contributed by atoms with Crippen LogP contribution in [-0.2, 0) is 4.79 Å². The summed E-state index contributed by atoms with van der Waals surface area (Å²) in [5.41, 5.74) is 3.43. The first kappa shape index (κ1) is 14.8. The Morgan fingerprint density at radius 3 is 2.75 bits per heavy atom. The minimum atomic E-state index is -0.401. The smallest absolute Gasteiger partial charge is 0.244 e. The molecule has 1 aliphatic carbocycles. The molecule has 0 aromatic heterocycles. The van der Waals surface area contributed by atoms with Gasteiger partial charge in [-0.1, -0.05) is 36.6 Å². The quantitative estimate of drug-likeness (QED) is 0.832. The van der Waals surface area contributed by atoms with E-state index < -0.39 is 6.10 Å². The number of carbonyl (C=O) groups is 1. The fraction of sp³-hybridized carbons (Fsp3) is 0.471. The highest BCUT2D eigenvalue weighted by atomic mass is 16.3. The molecule has 2 atom stereocenters. The van der Waals surface area contributed by atoms with Crippen molar-refractivity contribution in [2.45, 2.75) is 51.7 Å². The third-order valence-electron chi connectivity index (χ3n) is 3.90. The molecule has 108 valence electrons. The van der Waals surface area contributed by atoms with Gasteiger partial charge in [-0.15, -0.1) is 0 Å². The highest BCUT2D eigenvalue weighted by Gasteiger charge is 2.23. The molecule has 0 aliphatic heterocycles. The first-order valence-corrected chi connectivity index (χ1v) is 7.30. The minimum absolute atomic E-state index is 0.0972. The third-order valence-corrected chi connectivity index (χ3v) is 3.90. The molecule has 0 radical (unpaired) electrons. The van der Waals surface area contributed by atoms with Gasteiger partial charge < -0.3 is 10.4 Å². The van der Waals surface area contributed by atoms with Crippen molar-refractivity contribution in [1.29, 1.82) is 0 Å². The molecule has 0 bridgehead atoms. The first-order chi connectivity index (χ1) is 9.56. The van der Waals surface area contributed by atoms with Crippen molar-refractivity contribution in [3.63, 3.8) is 0 Å². The van der Waals surface area contributed by atoms with E-state index in [9.17, 15) is 9.90 Å². The van der Waals surface area contributed by atoms with Gasteiger partial charge in [0.1, 0.15) is 0 Å². The van der Waals surface area contributed by atoms with Gasteiger partial charge in [0.2, 0.25) is 5.91 Å². The summed E-state index contributed by atoms with van der Waals surface area (Å²) < 4.78 is 0. The van der Waals surface area contributed by atoms with Crippen LogP contribution in [0.3, 0.4) is 0 Å². The molecular weight excluding hydrogens is 250 g/mol. The summed E-state index contributed by atoms with van der Waals surface area (Å²) in [6.07, 6.45) is 6.76. The Kier molecular flexibility index (Phi) is 4.96. The second-order valence-corrected chi connectivity index (χ2v) is 5.66. The van der Waals surface area contributed by atoms with Crippen LogP contribution >= 0.6 is 0 Å². The second-order valence-electron chi connectivity index (χ2n) is 5.66. The zero-order valence-electron chi connectivity index (χ0n) is 12.2. The summed E-state index contributed by atoms with van der Waals surface area (Å²) in [5.74, 6) is -0.129. The number of hydrogen-bond donors (Lipinski definition) is 2. The number of rotatable bonds is 3. The maximum Gasteiger partial charge on any atom is 0.244 e. The molecule has 1 aromatic rings. The predicted octanol–water partition coefficient (Wildman–Crippen LogP) is 2.74. The van der Waals surface area contributed by atoms with Gasteiger partial charge in [-0.2, -0.15) is 0 Å². The average Bonchev–Trinajstić information content (AvgIpc) is 2.40. The van der Waals surface area contributed by atoms with Crippen LogP contribution in [0.1, 0.15) is 42.4 Å². The van der Waals surface area contributed by atoms with E-state index in [4.69, 9.17) is 0 Å². The lowest BCUT2D eigenvalue weighted by Crippen LogP contribution is -2.44. The third kappa shape index (κ3) is 3.94. The van der Waals surface area contributed by atoms with Crippen LogP contribution < -0.4 is 5.32 Å². The second kappa shape index (κ2) is 6.71. The molecule has 0 spiro atoms. The molecule has 1 amide bonds. The lowest BCUT2D eigenvalue weighted by molar-refractivity contribution is -0.118. The maximum absolute atomic E-state index is 11.9. The highest BCUT2D eigenvalue weighted by molar-refractivity contribution is 5.92. The first-order valence-electron chi connectivity index (χ1n) is 7.30. The molecule has 2 unspecified atom stereocenters. The molecule has 1 saturated carbocycles. The van der Waals surface area contributed by atoms with E-state index in [2.05, 4.69) is 18.3 Å². The van der Waals surface area contributed by atoms with Gasteiger partial charge in [-0.05, 0) is 43.9 Å². The van der Waals surface area contributed by atoms with Gasteiger partial charge in [0.15, 0.2) is 0 Å². The van der Waals surface area contributed by atoms with Crippen molar-refractivity contribution in [2.24, 2.45) is 0 Å². The Morgan fingerprint density at radius 2 is 2.05 bits per heavy atom. The zero-order valence-corrected chi connectivity index (χ0v) is 12.2. The van der Waals surface area contributed by atoms with Crippen LogP contribution in [-0.4, -0.2) is 23.2 Å². The number of aliphatic hydroxyl groups excluding tert-OH is 1. The van der Waals surface area contributed by atoms with E-state index in [0.717, 1.165) is 36.8 Å². The minimum Gasteiger partial charge on any atom is -0.391 e. The summed E-state index contributed by atoms with van der Waals surface area (Å²) in [4.78, 5) is 11.9. The molecule has 3 nitrogen and oxygen atoms in total. The molecule has 1 aliphatic rings. The summed E-state index contributed by atoms with van der Waals surface area (Å²) in [5, 5.41) is 12.7. The van der Waals surface area contributed by atoms with E-state index in [1.165, 1.54) is 5.56 Å². The van der Waals surface area contributed by atoms with Gasteiger partial charge in [-0.25, -0.2) is 0 Å². The van der Waals surface area contributed by atoms with Gasteiger partial charge >= 0.3 is 0 Å². The van der Waals surface area contributed by atoms with Crippen LogP contribution in [0.4, 0.5) is 0 Å². The monoisotopic (exact) mass is 273 g/mol. The zero-order chi connectivity index (χ0) is 14.5. The van der Waals surface area contributed by atoms with Crippen LogP contribution in [0.15, 0.2) is 24.3 Å². The SMILES string of the molecule is Cc1ccc(C=CC(=O)NC2CCCCC2O)c(C)c1. The van der Waals surface area contributed by atoms with E-state index >= 15 is 0 Å². The average molecular weight is 273 g/mol. The predicted molar refractivity (Wildman–Crippen MR) is 81.4 cm³/mol. The largest absolute Gasteiger partial charge is 0.391 e. The molecular formula is C17H23NO2. The van der Waals surface area contributed by atoms with Crippen molar-refractivity contribution >= 4 is 12.0 Å². The number of hydrogen-bond acceptors (Lipinski definition) is 2. The van der Waals surface area contributed by atoms with Crippen LogP contribution in [0.25, 0.3) is 6.08 Å². The van der Waals surface area contributed by atoms with Crippen LogP contribution in [0.2, 0.25) is 0 Å². The maximum atomic E-state index is 11.9. The summed E-state index contributed by atoms with van der Waals surface area (Å²) in [6, 6.07) is 6.06. The van der Waals surface area contributed by atoms with Crippen molar-refractivity contribution in [1.82, 2.24) is 5.32 Å².